The fraction of sp³-hybridized carbons (Fsp3) is 0.750. The van der Waals surface area contributed by atoms with Gasteiger partial charge in [-0.05, 0) is 26.2 Å². The van der Waals surface area contributed by atoms with E-state index in [1.807, 2.05) is 0 Å². The minimum absolute atomic E-state index is 0.274. The molecule has 1 aliphatic heterocycles. The van der Waals surface area contributed by atoms with Crippen LogP contribution in [0.1, 0.15) is 32.6 Å². The Balaban J connectivity index is 1.91. The highest BCUT2D eigenvalue weighted by atomic mass is 16.5. The van der Waals surface area contributed by atoms with E-state index in [0.717, 1.165) is 32.5 Å². The predicted molar refractivity (Wildman–Crippen MR) is 58.5 cm³/mol. The first-order valence-electron chi connectivity index (χ1n) is 5.89. The molecule has 2 aliphatic rings. The molecule has 1 fully saturated rings. The molecule has 3 heteroatoms. The van der Waals surface area contributed by atoms with Crippen molar-refractivity contribution in [1.82, 2.24) is 4.90 Å². The van der Waals surface area contributed by atoms with Gasteiger partial charge in [-0.15, -0.1) is 0 Å². The van der Waals surface area contributed by atoms with Crippen LogP contribution in [0.2, 0.25) is 0 Å². The normalized spacial score (nSPS) is 25.8. The molecule has 0 amide bonds. The van der Waals surface area contributed by atoms with Gasteiger partial charge >= 0.3 is 0 Å². The number of hydrogen-bond acceptors (Lipinski definition) is 3. The van der Waals surface area contributed by atoms with Gasteiger partial charge in [0.15, 0.2) is 5.78 Å². The SMILES string of the molecule is CCN(CC1CCCO1)C1=CC(=O)CC1. The lowest BCUT2D eigenvalue weighted by atomic mass is 10.2. The van der Waals surface area contributed by atoms with Gasteiger partial charge in [0, 0.05) is 37.9 Å². The molecule has 1 atom stereocenters. The first-order valence-corrected chi connectivity index (χ1v) is 5.89. The second-order valence-corrected chi connectivity index (χ2v) is 4.28. The zero-order chi connectivity index (χ0) is 10.7. The van der Waals surface area contributed by atoms with Gasteiger partial charge in [-0.3, -0.25) is 4.79 Å². The van der Waals surface area contributed by atoms with Crippen molar-refractivity contribution in [2.75, 3.05) is 19.7 Å². The number of likely N-dealkylation sites (N-methyl/N-ethyl adjacent to an activating group) is 1. The second-order valence-electron chi connectivity index (χ2n) is 4.28. The standard InChI is InChI=1S/C12H19NO2/c1-2-13(9-12-4-3-7-15-12)10-5-6-11(14)8-10/h8,12H,2-7,9H2,1H3. The summed E-state index contributed by atoms with van der Waals surface area (Å²) in [4.78, 5) is 13.5. The van der Waals surface area contributed by atoms with Crippen molar-refractivity contribution >= 4 is 5.78 Å². The largest absolute Gasteiger partial charge is 0.376 e. The number of carbonyl (C=O) groups excluding carboxylic acids is 1. The summed E-state index contributed by atoms with van der Waals surface area (Å²) in [7, 11) is 0. The van der Waals surface area contributed by atoms with E-state index in [2.05, 4.69) is 11.8 Å². The van der Waals surface area contributed by atoms with E-state index in [1.165, 1.54) is 12.1 Å². The van der Waals surface area contributed by atoms with Gasteiger partial charge in [-0.1, -0.05) is 0 Å². The number of allylic oxidation sites excluding steroid dienone is 2. The third-order valence-corrected chi connectivity index (χ3v) is 3.19. The van der Waals surface area contributed by atoms with E-state index < -0.39 is 0 Å². The second kappa shape index (κ2) is 4.79. The Morgan fingerprint density at radius 2 is 2.40 bits per heavy atom. The molecular formula is C12H19NO2. The Kier molecular flexibility index (Phi) is 3.41. The van der Waals surface area contributed by atoms with Gasteiger partial charge in [0.1, 0.15) is 0 Å². The highest BCUT2D eigenvalue weighted by Gasteiger charge is 2.22. The van der Waals surface area contributed by atoms with Crippen molar-refractivity contribution in [2.45, 2.75) is 38.7 Å². The molecule has 0 saturated carbocycles. The summed E-state index contributed by atoms with van der Waals surface area (Å²) >= 11 is 0. The number of rotatable bonds is 4. The molecule has 0 aromatic rings. The molecule has 0 aromatic carbocycles. The van der Waals surface area contributed by atoms with E-state index >= 15 is 0 Å². The molecule has 1 aliphatic carbocycles. The molecule has 2 rings (SSSR count). The van der Waals surface area contributed by atoms with Crippen molar-refractivity contribution in [2.24, 2.45) is 0 Å². The first kappa shape index (κ1) is 10.7. The molecule has 15 heavy (non-hydrogen) atoms. The van der Waals surface area contributed by atoms with E-state index in [9.17, 15) is 4.79 Å². The number of nitrogens with zero attached hydrogens (tertiary/aromatic N) is 1. The number of hydrogen-bond donors (Lipinski definition) is 0. The molecule has 3 nitrogen and oxygen atoms in total. The van der Waals surface area contributed by atoms with Gasteiger partial charge in [-0.2, -0.15) is 0 Å². The third-order valence-electron chi connectivity index (χ3n) is 3.19. The van der Waals surface area contributed by atoms with Crippen LogP contribution >= 0.6 is 0 Å². The molecule has 1 saturated heterocycles. The number of carbonyl (C=O) groups is 1. The number of ketones is 1. The van der Waals surface area contributed by atoms with Gasteiger partial charge < -0.3 is 9.64 Å². The fourth-order valence-electron chi connectivity index (χ4n) is 2.31. The minimum Gasteiger partial charge on any atom is -0.376 e. The molecule has 1 unspecified atom stereocenters. The van der Waals surface area contributed by atoms with Crippen molar-refractivity contribution in [3.8, 4) is 0 Å². The minimum atomic E-state index is 0.274. The summed E-state index contributed by atoms with van der Waals surface area (Å²) in [5.74, 6) is 0.274. The zero-order valence-corrected chi connectivity index (χ0v) is 9.37. The molecular weight excluding hydrogens is 190 g/mol. The molecule has 0 bridgehead atoms. The van der Waals surface area contributed by atoms with Crippen LogP contribution in [-0.2, 0) is 9.53 Å². The van der Waals surface area contributed by atoms with E-state index in [4.69, 9.17) is 4.74 Å². The van der Waals surface area contributed by atoms with Crippen LogP contribution in [0.4, 0.5) is 0 Å². The molecule has 0 aromatic heterocycles. The summed E-state index contributed by atoms with van der Waals surface area (Å²) in [6, 6.07) is 0. The predicted octanol–water partition coefficient (Wildman–Crippen LogP) is 1.73. The lowest BCUT2D eigenvalue weighted by Gasteiger charge is -2.26. The van der Waals surface area contributed by atoms with E-state index in [1.54, 1.807) is 6.08 Å². The van der Waals surface area contributed by atoms with E-state index in [0.29, 0.717) is 12.5 Å². The topological polar surface area (TPSA) is 29.5 Å². The van der Waals surface area contributed by atoms with Crippen LogP contribution < -0.4 is 0 Å². The summed E-state index contributed by atoms with van der Waals surface area (Å²) in [6.07, 6.45) is 6.13. The lowest BCUT2D eigenvalue weighted by molar-refractivity contribution is -0.114. The maximum Gasteiger partial charge on any atom is 0.157 e. The van der Waals surface area contributed by atoms with Gasteiger partial charge in [-0.25, -0.2) is 0 Å². The Morgan fingerprint density at radius 3 is 2.93 bits per heavy atom. The average Bonchev–Trinajstić information content (AvgIpc) is 2.85. The molecule has 1 heterocycles. The van der Waals surface area contributed by atoms with Crippen LogP contribution in [0.15, 0.2) is 11.8 Å². The zero-order valence-electron chi connectivity index (χ0n) is 9.37. The smallest absolute Gasteiger partial charge is 0.157 e. The van der Waals surface area contributed by atoms with Gasteiger partial charge in [0.05, 0.1) is 6.10 Å². The van der Waals surface area contributed by atoms with Crippen LogP contribution in [0, 0.1) is 0 Å². The third kappa shape index (κ3) is 2.59. The van der Waals surface area contributed by atoms with Gasteiger partial charge in [0.2, 0.25) is 0 Å². The first-order chi connectivity index (χ1) is 7.29. The maximum atomic E-state index is 11.2. The summed E-state index contributed by atoms with van der Waals surface area (Å²) in [6.45, 7) is 4.97. The van der Waals surface area contributed by atoms with Gasteiger partial charge in [0.25, 0.3) is 0 Å². The average molecular weight is 209 g/mol. The monoisotopic (exact) mass is 209 g/mol. The van der Waals surface area contributed by atoms with Crippen LogP contribution in [0.5, 0.6) is 0 Å². The molecule has 84 valence electrons. The molecule has 0 N–H and O–H groups in total. The van der Waals surface area contributed by atoms with Crippen LogP contribution in [-0.4, -0.2) is 36.5 Å². The van der Waals surface area contributed by atoms with Crippen molar-refractivity contribution in [3.05, 3.63) is 11.8 Å². The fourth-order valence-corrected chi connectivity index (χ4v) is 2.31. The quantitative estimate of drug-likeness (QED) is 0.706. The molecule has 0 radical (unpaired) electrons. The van der Waals surface area contributed by atoms with Crippen LogP contribution in [0.25, 0.3) is 0 Å². The van der Waals surface area contributed by atoms with Crippen molar-refractivity contribution in [3.63, 3.8) is 0 Å². The lowest BCUT2D eigenvalue weighted by Crippen LogP contribution is -2.31. The van der Waals surface area contributed by atoms with Crippen LogP contribution in [0.3, 0.4) is 0 Å². The molecule has 0 spiro atoms. The Morgan fingerprint density at radius 1 is 1.53 bits per heavy atom. The highest BCUT2D eigenvalue weighted by Crippen LogP contribution is 2.22. The maximum absolute atomic E-state index is 11.2. The summed E-state index contributed by atoms with van der Waals surface area (Å²) in [5.41, 5.74) is 1.21. The number of ether oxygens (including phenoxy) is 1. The van der Waals surface area contributed by atoms with E-state index in [-0.39, 0.29) is 5.78 Å². The summed E-state index contributed by atoms with van der Waals surface area (Å²) < 4.78 is 5.62. The van der Waals surface area contributed by atoms with Crippen molar-refractivity contribution < 1.29 is 9.53 Å². The van der Waals surface area contributed by atoms with Crippen molar-refractivity contribution in [1.29, 1.82) is 0 Å². The Bertz CT molecular complexity index is 267. The Hall–Kier alpha value is -0.830. The Labute approximate surface area is 91.1 Å². The summed E-state index contributed by atoms with van der Waals surface area (Å²) in [5, 5.41) is 0. The highest BCUT2D eigenvalue weighted by molar-refractivity contribution is 5.92.